The number of hydrogen-bond donors (Lipinski definition) is 0. The van der Waals surface area contributed by atoms with Crippen LogP contribution in [0.25, 0.3) is 21.7 Å². The van der Waals surface area contributed by atoms with Gasteiger partial charge in [-0.15, -0.1) is 21.5 Å². The summed E-state index contributed by atoms with van der Waals surface area (Å²) in [5.74, 6) is 2.26. The quantitative estimate of drug-likeness (QED) is 0.540. The zero-order chi connectivity index (χ0) is 18.1. The summed E-state index contributed by atoms with van der Waals surface area (Å²) in [4.78, 5) is 14.6. The SMILES string of the molecule is c1ccc(-c2nnc(CN3CCN(c4ncnc5sccc45)CC3)o2)cc1. The van der Waals surface area contributed by atoms with Crippen molar-refractivity contribution < 1.29 is 4.42 Å². The molecule has 1 saturated heterocycles. The van der Waals surface area contributed by atoms with E-state index in [1.54, 1.807) is 17.7 Å². The Morgan fingerprint density at radius 3 is 2.67 bits per heavy atom. The molecule has 0 spiro atoms. The maximum atomic E-state index is 5.83. The summed E-state index contributed by atoms with van der Waals surface area (Å²) in [5, 5.41) is 11.6. The summed E-state index contributed by atoms with van der Waals surface area (Å²) in [5.41, 5.74) is 0.949. The first-order valence-electron chi connectivity index (χ1n) is 8.90. The van der Waals surface area contributed by atoms with Crippen molar-refractivity contribution in [3.8, 4) is 11.5 Å². The molecule has 8 heteroatoms. The maximum absolute atomic E-state index is 5.83. The largest absolute Gasteiger partial charge is 0.419 e. The van der Waals surface area contributed by atoms with Gasteiger partial charge in [-0.3, -0.25) is 4.90 Å². The Kier molecular flexibility index (Phi) is 4.27. The number of aromatic nitrogens is 4. The summed E-state index contributed by atoms with van der Waals surface area (Å²) in [6.07, 6.45) is 1.66. The molecule has 0 bridgehead atoms. The van der Waals surface area contributed by atoms with Gasteiger partial charge in [-0.05, 0) is 23.6 Å². The van der Waals surface area contributed by atoms with Crippen molar-refractivity contribution in [2.75, 3.05) is 31.1 Å². The Morgan fingerprint density at radius 1 is 0.963 bits per heavy atom. The Labute approximate surface area is 160 Å². The van der Waals surface area contributed by atoms with E-state index in [0.717, 1.165) is 47.8 Å². The monoisotopic (exact) mass is 378 g/mol. The first-order chi connectivity index (χ1) is 13.4. The molecule has 0 radical (unpaired) electrons. The van der Waals surface area contributed by atoms with Gasteiger partial charge in [-0.25, -0.2) is 9.97 Å². The molecule has 4 aromatic rings. The molecule has 27 heavy (non-hydrogen) atoms. The molecule has 0 atom stereocenters. The van der Waals surface area contributed by atoms with Crippen LogP contribution in [0.2, 0.25) is 0 Å². The maximum Gasteiger partial charge on any atom is 0.247 e. The summed E-state index contributed by atoms with van der Waals surface area (Å²) in [7, 11) is 0. The lowest BCUT2D eigenvalue weighted by Crippen LogP contribution is -2.46. The molecule has 0 aliphatic carbocycles. The minimum Gasteiger partial charge on any atom is -0.419 e. The summed E-state index contributed by atoms with van der Waals surface area (Å²) < 4.78 is 5.83. The molecule has 4 heterocycles. The molecular weight excluding hydrogens is 360 g/mol. The number of rotatable bonds is 4. The van der Waals surface area contributed by atoms with Crippen LogP contribution in [0.15, 0.2) is 52.5 Å². The van der Waals surface area contributed by atoms with E-state index in [9.17, 15) is 0 Å². The third-order valence-electron chi connectivity index (χ3n) is 4.76. The minimum absolute atomic E-state index is 0.574. The first kappa shape index (κ1) is 16.3. The van der Waals surface area contributed by atoms with Crippen molar-refractivity contribution in [2.45, 2.75) is 6.54 Å². The van der Waals surface area contributed by atoms with E-state index in [2.05, 4.69) is 41.4 Å². The zero-order valence-electron chi connectivity index (χ0n) is 14.7. The number of piperazine rings is 1. The average molecular weight is 378 g/mol. The van der Waals surface area contributed by atoms with Crippen LogP contribution in [0, 0.1) is 0 Å². The van der Waals surface area contributed by atoms with Gasteiger partial charge in [-0.2, -0.15) is 0 Å². The number of hydrogen-bond acceptors (Lipinski definition) is 8. The Bertz CT molecular complexity index is 1040. The standard InChI is InChI=1S/C19H18N6OS/c1-2-4-14(5-3-1)18-23-22-16(26-18)12-24-7-9-25(10-8-24)17-15-6-11-27-19(15)21-13-20-17/h1-6,11,13H,7-10,12H2. The summed E-state index contributed by atoms with van der Waals surface area (Å²) >= 11 is 1.65. The number of thiophene rings is 1. The summed E-state index contributed by atoms with van der Waals surface area (Å²) in [6.45, 7) is 4.37. The van der Waals surface area contributed by atoms with Crippen molar-refractivity contribution in [3.05, 3.63) is 54.0 Å². The van der Waals surface area contributed by atoms with Crippen LogP contribution >= 0.6 is 11.3 Å². The molecule has 0 unspecified atom stereocenters. The van der Waals surface area contributed by atoms with Crippen molar-refractivity contribution in [1.82, 2.24) is 25.1 Å². The van der Waals surface area contributed by atoms with E-state index in [1.165, 1.54) is 0 Å². The average Bonchev–Trinajstić information content (AvgIpc) is 3.38. The second-order valence-electron chi connectivity index (χ2n) is 6.47. The van der Waals surface area contributed by atoms with Gasteiger partial charge in [0.25, 0.3) is 0 Å². The van der Waals surface area contributed by atoms with Gasteiger partial charge in [0.1, 0.15) is 17.0 Å². The molecule has 1 fully saturated rings. The fraction of sp³-hybridized carbons (Fsp3) is 0.263. The molecule has 0 saturated carbocycles. The van der Waals surface area contributed by atoms with Crippen LogP contribution in [0.4, 0.5) is 5.82 Å². The lowest BCUT2D eigenvalue weighted by Gasteiger charge is -2.34. The van der Waals surface area contributed by atoms with E-state index in [0.29, 0.717) is 18.3 Å². The van der Waals surface area contributed by atoms with Crippen molar-refractivity contribution in [2.24, 2.45) is 0 Å². The molecule has 0 amide bonds. The molecule has 3 aromatic heterocycles. The van der Waals surface area contributed by atoms with Crippen LogP contribution in [0.1, 0.15) is 5.89 Å². The number of fused-ring (bicyclic) bond motifs is 1. The van der Waals surface area contributed by atoms with Crippen molar-refractivity contribution in [3.63, 3.8) is 0 Å². The van der Waals surface area contributed by atoms with Crippen LogP contribution in [-0.4, -0.2) is 51.2 Å². The van der Waals surface area contributed by atoms with Crippen LogP contribution in [0.3, 0.4) is 0 Å². The molecule has 136 valence electrons. The number of anilines is 1. The van der Waals surface area contributed by atoms with E-state index in [4.69, 9.17) is 4.42 Å². The second-order valence-corrected chi connectivity index (χ2v) is 7.36. The molecule has 7 nitrogen and oxygen atoms in total. The van der Waals surface area contributed by atoms with Crippen LogP contribution in [-0.2, 0) is 6.54 Å². The Balaban J connectivity index is 1.24. The van der Waals surface area contributed by atoms with Crippen LogP contribution < -0.4 is 4.90 Å². The van der Waals surface area contributed by atoms with Gasteiger partial charge in [0.15, 0.2) is 0 Å². The minimum atomic E-state index is 0.574. The summed E-state index contributed by atoms with van der Waals surface area (Å²) in [6, 6.07) is 12.0. The Hall–Kier alpha value is -2.84. The second kappa shape index (κ2) is 7.05. The smallest absolute Gasteiger partial charge is 0.247 e. The zero-order valence-corrected chi connectivity index (χ0v) is 15.5. The predicted molar refractivity (Wildman–Crippen MR) is 105 cm³/mol. The molecular formula is C19H18N6OS. The predicted octanol–water partition coefficient (Wildman–Crippen LogP) is 3.06. The molecule has 1 aromatic carbocycles. The molecule has 5 rings (SSSR count). The Morgan fingerprint density at radius 2 is 1.81 bits per heavy atom. The number of benzene rings is 1. The topological polar surface area (TPSA) is 71.2 Å². The van der Waals surface area contributed by atoms with E-state index in [-0.39, 0.29) is 0 Å². The van der Waals surface area contributed by atoms with Crippen LogP contribution in [0.5, 0.6) is 0 Å². The molecule has 0 N–H and O–H groups in total. The van der Waals surface area contributed by atoms with Gasteiger partial charge < -0.3 is 9.32 Å². The fourth-order valence-corrected chi connectivity index (χ4v) is 4.08. The lowest BCUT2D eigenvalue weighted by molar-refractivity contribution is 0.226. The highest BCUT2D eigenvalue weighted by Crippen LogP contribution is 2.27. The third-order valence-corrected chi connectivity index (χ3v) is 5.58. The van der Waals surface area contributed by atoms with Gasteiger partial charge in [0.05, 0.1) is 11.9 Å². The lowest BCUT2D eigenvalue weighted by atomic mass is 10.2. The normalized spacial score (nSPS) is 15.5. The highest BCUT2D eigenvalue weighted by atomic mass is 32.1. The number of nitrogens with zero attached hydrogens (tertiary/aromatic N) is 6. The first-order valence-corrected chi connectivity index (χ1v) is 9.78. The molecule has 1 aliphatic rings. The highest BCUT2D eigenvalue weighted by Gasteiger charge is 2.22. The van der Waals surface area contributed by atoms with Gasteiger partial charge >= 0.3 is 0 Å². The van der Waals surface area contributed by atoms with Gasteiger partial charge in [0.2, 0.25) is 11.8 Å². The molecule has 1 aliphatic heterocycles. The van der Waals surface area contributed by atoms with E-state index in [1.807, 2.05) is 30.3 Å². The van der Waals surface area contributed by atoms with Gasteiger partial charge in [-0.1, -0.05) is 18.2 Å². The van der Waals surface area contributed by atoms with E-state index >= 15 is 0 Å². The fourth-order valence-electron chi connectivity index (χ4n) is 3.35. The van der Waals surface area contributed by atoms with E-state index < -0.39 is 0 Å². The third kappa shape index (κ3) is 3.29. The van der Waals surface area contributed by atoms with Crippen molar-refractivity contribution in [1.29, 1.82) is 0 Å². The van der Waals surface area contributed by atoms with Gasteiger partial charge in [0, 0.05) is 31.7 Å². The van der Waals surface area contributed by atoms with Crippen molar-refractivity contribution >= 4 is 27.4 Å². The highest BCUT2D eigenvalue weighted by molar-refractivity contribution is 7.16.